The van der Waals surface area contributed by atoms with E-state index in [1.54, 1.807) is 12.1 Å². The monoisotopic (exact) mass is 788 g/mol. The number of allylic oxidation sites excluding steroid dienone is 2. The molecule has 16 nitrogen and oxygen atoms in total. The molecule has 0 aliphatic rings. The first-order chi connectivity index (χ1) is 24.3. The zero-order valence-corrected chi connectivity index (χ0v) is 29.8. The Hall–Kier alpha value is -5.50. The first-order valence-corrected chi connectivity index (χ1v) is 18.0. The summed E-state index contributed by atoms with van der Waals surface area (Å²) >= 11 is 12.8. The van der Waals surface area contributed by atoms with Crippen LogP contribution in [0.15, 0.2) is 138 Å². The third-order valence-electron chi connectivity index (χ3n) is 6.72. The Morgan fingerprint density at radius 1 is 0.577 bits per heavy atom. The van der Waals surface area contributed by atoms with Gasteiger partial charge in [-0.15, -0.1) is 20.5 Å². The largest absolute Gasteiger partial charge is 0.510 e. The number of carbonyl (C=O) groups excluding carboxylic acids is 2. The van der Waals surface area contributed by atoms with Crippen LogP contribution in [-0.2, 0) is 29.8 Å². The molecule has 0 bridgehead atoms. The van der Waals surface area contributed by atoms with Gasteiger partial charge < -0.3 is 20.8 Å². The van der Waals surface area contributed by atoms with Crippen LogP contribution in [-0.4, -0.2) is 48.0 Å². The van der Waals surface area contributed by atoms with Gasteiger partial charge in [-0.05, 0) is 97.8 Å². The predicted molar refractivity (Wildman–Crippen MR) is 191 cm³/mol. The van der Waals surface area contributed by atoms with Crippen LogP contribution in [0.5, 0.6) is 0 Å². The van der Waals surface area contributed by atoms with E-state index in [1.165, 1.54) is 62.4 Å². The zero-order chi connectivity index (χ0) is 38.4. The predicted octanol–water partition coefficient (Wildman–Crippen LogP) is 8.18. The van der Waals surface area contributed by atoms with Crippen molar-refractivity contribution in [1.29, 1.82) is 0 Å². The van der Waals surface area contributed by atoms with Crippen LogP contribution < -0.4 is 10.6 Å². The molecule has 4 rings (SSSR count). The van der Waals surface area contributed by atoms with Crippen LogP contribution in [0.1, 0.15) is 13.8 Å². The molecule has 0 saturated heterocycles. The fourth-order valence-corrected chi connectivity index (χ4v) is 5.54. The van der Waals surface area contributed by atoms with Crippen molar-refractivity contribution in [3.05, 3.63) is 118 Å². The second-order valence-corrected chi connectivity index (χ2v) is 14.2. The minimum absolute atomic E-state index is 0.0957. The summed E-state index contributed by atoms with van der Waals surface area (Å²) in [6, 6.07) is 18.6. The molecule has 4 aromatic carbocycles. The summed E-state index contributed by atoms with van der Waals surface area (Å²) in [4.78, 5) is 24.7. The number of hydrogen-bond acceptors (Lipinski definition) is 12. The van der Waals surface area contributed by atoms with E-state index in [4.69, 9.17) is 32.3 Å². The third kappa shape index (κ3) is 10.3. The lowest BCUT2D eigenvalue weighted by Crippen LogP contribution is -2.11. The van der Waals surface area contributed by atoms with Crippen LogP contribution in [0.2, 0.25) is 10.0 Å². The summed E-state index contributed by atoms with van der Waals surface area (Å²) in [6.45, 7) is 2.45. The summed E-state index contributed by atoms with van der Waals surface area (Å²) in [5.74, 6) is -2.82. The van der Waals surface area contributed by atoms with Gasteiger partial charge in [0, 0.05) is 11.4 Å². The number of aliphatic hydroxyl groups excluding tert-OH is 2. The van der Waals surface area contributed by atoms with Gasteiger partial charge in [0.15, 0.2) is 0 Å². The van der Waals surface area contributed by atoms with E-state index in [0.717, 1.165) is 24.3 Å². The van der Waals surface area contributed by atoms with Gasteiger partial charge in [0.1, 0.15) is 34.3 Å². The number of halogens is 2. The highest BCUT2D eigenvalue weighted by atomic mass is 35.5. The Kier molecular flexibility index (Phi) is 12.3. The lowest BCUT2D eigenvalue weighted by atomic mass is 10.1. The molecule has 0 heterocycles. The van der Waals surface area contributed by atoms with Crippen molar-refractivity contribution in [3.8, 4) is 11.1 Å². The number of benzene rings is 4. The molecular weight excluding hydrogens is 763 g/mol. The average molecular weight is 790 g/mol. The first kappa shape index (κ1) is 39.3. The Balaban J connectivity index is 1.45. The van der Waals surface area contributed by atoms with Crippen LogP contribution in [0, 0.1) is 0 Å². The summed E-state index contributed by atoms with van der Waals surface area (Å²) in [5.41, 5.74) is 1.07. The molecule has 2 amide bonds. The van der Waals surface area contributed by atoms with Gasteiger partial charge in [-0.3, -0.25) is 18.7 Å². The van der Waals surface area contributed by atoms with Gasteiger partial charge in [-0.25, -0.2) is 0 Å². The summed E-state index contributed by atoms with van der Waals surface area (Å²) in [5, 5.41) is 40.5. The van der Waals surface area contributed by atoms with E-state index in [-0.39, 0.29) is 54.0 Å². The molecule has 6 N–H and O–H groups in total. The van der Waals surface area contributed by atoms with E-state index < -0.39 is 43.6 Å². The van der Waals surface area contributed by atoms with Gasteiger partial charge in [-0.1, -0.05) is 35.3 Å². The quantitative estimate of drug-likeness (QED) is 0.0364. The van der Waals surface area contributed by atoms with Crippen molar-refractivity contribution >= 4 is 78.0 Å². The molecule has 0 saturated carbocycles. The normalized spacial score (nSPS) is 13.1. The van der Waals surface area contributed by atoms with E-state index in [2.05, 4.69) is 31.1 Å². The molecule has 0 fully saturated rings. The lowest BCUT2D eigenvalue weighted by molar-refractivity contribution is -0.115. The highest BCUT2D eigenvalue weighted by molar-refractivity contribution is 7.86. The topological polar surface area (TPSA) is 257 Å². The summed E-state index contributed by atoms with van der Waals surface area (Å²) in [7, 11) is -8.85. The van der Waals surface area contributed by atoms with Crippen LogP contribution in [0.25, 0.3) is 11.1 Å². The number of carbonyl (C=O) groups is 2. The number of hydrogen-bond donors (Lipinski definition) is 6. The molecule has 270 valence electrons. The van der Waals surface area contributed by atoms with Crippen molar-refractivity contribution < 1.29 is 45.7 Å². The second-order valence-electron chi connectivity index (χ2n) is 10.5. The van der Waals surface area contributed by atoms with Gasteiger partial charge in [0.05, 0.1) is 19.8 Å². The highest BCUT2D eigenvalue weighted by Gasteiger charge is 2.17. The zero-order valence-electron chi connectivity index (χ0n) is 26.7. The van der Waals surface area contributed by atoms with Crippen molar-refractivity contribution in [1.82, 2.24) is 0 Å². The molecule has 0 spiro atoms. The van der Waals surface area contributed by atoms with Crippen LogP contribution >= 0.6 is 23.2 Å². The minimum Gasteiger partial charge on any atom is -0.510 e. The van der Waals surface area contributed by atoms with E-state index in [1.807, 2.05) is 0 Å². The maximum absolute atomic E-state index is 12.7. The van der Waals surface area contributed by atoms with Crippen molar-refractivity contribution in [2.45, 2.75) is 23.6 Å². The van der Waals surface area contributed by atoms with Crippen LogP contribution in [0.4, 0.5) is 22.7 Å². The van der Waals surface area contributed by atoms with Gasteiger partial charge in [0.25, 0.3) is 20.2 Å². The molecule has 0 unspecified atom stereocenters. The Labute approximate surface area is 306 Å². The number of nitrogens with one attached hydrogen (secondary N) is 2. The number of nitrogens with zero attached hydrogens (tertiary/aromatic N) is 4. The maximum atomic E-state index is 12.7. The Bertz CT molecular complexity index is 2220. The molecule has 4 aromatic rings. The molecule has 52 heavy (non-hydrogen) atoms. The van der Waals surface area contributed by atoms with Crippen molar-refractivity contribution in [3.63, 3.8) is 0 Å². The molecule has 0 radical (unpaired) electrons. The summed E-state index contributed by atoms with van der Waals surface area (Å²) < 4.78 is 63.3. The number of rotatable bonds is 11. The number of amides is 2. The second kappa shape index (κ2) is 16.2. The Morgan fingerprint density at radius 2 is 0.904 bits per heavy atom. The molecule has 0 aliphatic carbocycles. The fraction of sp³-hybridized carbons (Fsp3) is 0.0625. The molecular formula is C32H26Cl2N6O10S2. The molecule has 0 aromatic heterocycles. The smallest absolute Gasteiger partial charge is 0.315 e. The Morgan fingerprint density at radius 3 is 1.17 bits per heavy atom. The van der Waals surface area contributed by atoms with E-state index in [0.29, 0.717) is 11.1 Å². The maximum Gasteiger partial charge on any atom is 0.315 e. The number of aliphatic hydroxyl groups is 2. The van der Waals surface area contributed by atoms with Gasteiger partial charge in [0.2, 0.25) is 0 Å². The lowest BCUT2D eigenvalue weighted by Gasteiger charge is -2.09. The summed E-state index contributed by atoms with van der Waals surface area (Å²) in [6.07, 6.45) is 0. The molecule has 0 aliphatic heterocycles. The fourth-order valence-electron chi connectivity index (χ4n) is 4.14. The number of azo groups is 2. The highest BCUT2D eigenvalue weighted by Crippen LogP contribution is 2.35. The third-order valence-corrected chi connectivity index (χ3v) is 9.06. The average Bonchev–Trinajstić information content (AvgIpc) is 3.07. The molecule has 20 heteroatoms. The SMILES string of the molecule is C/C(O)=C(/Nc1ccc(S(=O)(=O)O)cc1)C(=O)N=Nc1ccc(-c2ccc(N=NC(=O)/C(Nc3ccc(S(=O)(=O)O)cc3)=C(\C)O)c(Cl)c2)cc1Cl. The minimum atomic E-state index is -4.43. The van der Waals surface area contributed by atoms with E-state index in [9.17, 15) is 36.6 Å². The number of anilines is 2. The van der Waals surface area contributed by atoms with Gasteiger partial charge in [-0.2, -0.15) is 16.8 Å². The van der Waals surface area contributed by atoms with Crippen molar-refractivity contribution in [2.75, 3.05) is 10.6 Å². The van der Waals surface area contributed by atoms with E-state index >= 15 is 0 Å². The van der Waals surface area contributed by atoms with Crippen molar-refractivity contribution in [2.24, 2.45) is 20.5 Å². The van der Waals surface area contributed by atoms with Gasteiger partial charge >= 0.3 is 11.8 Å². The molecule has 0 atom stereocenters. The standard InChI is InChI=1S/C32H26Cl2N6O10S2/c1-17(41)29(35-21-5-9-23(10-6-21)51(45,46)47)31(43)39-37-27-13-3-19(15-25(27)33)20-4-14-28(26(34)16-20)38-40-32(44)30(18(2)42)36-22-7-11-24(12-8-22)52(48,49)50/h3-16,35-36,41-42H,1-2H3,(H,45,46,47)(H,48,49,50)/b29-17-,30-18-,39-37?,40-38?. The van der Waals surface area contributed by atoms with Crippen LogP contribution in [0.3, 0.4) is 0 Å². The first-order valence-electron chi connectivity index (χ1n) is 14.3.